The van der Waals surface area contributed by atoms with Crippen LogP contribution in [0.4, 0.5) is 39.4 Å². The van der Waals surface area contributed by atoms with E-state index in [0.29, 0.717) is 12.1 Å². The van der Waals surface area contributed by atoms with Crippen molar-refractivity contribution in [2.24, 2.45) is 0 Å². The second-order valence-corrected chi connectivity index (χ2v) is 11.0. The molecule has 0 unspecified atom stereocenters. The van der Waals surface area contributed by atoms with Crippen LogP contribution in [-0.4, -0.2) is 53.2 Å². The third kappa shape index (κ3) is 9.17. The molecule has 0 atom stereocenters. The van der Waals surface area contributed by atoms with Gasteiger partial charge in [-0.15, -0.1) is 0 Å². The quantitative estimate of drug-likeness (QED) is 0.103. The lowest BCUT2D eigenvalue weighted by Crippen LogP contribution is -2.38. The van der Waals surface area contributed by atoms with E-state index < -0.39 is 51.4 Å². The number of carbonyl (C=O) groups excluding carboxylic acids is 2. The maximum absolute atomic E-state index is 14.4. The minimum Gasteiger partial charge on any atom is -0.481 e. The number of carbonyl (C=O) groups is 2. The van der Waals surface area contributed by atoms with Gasteiger partial charge in [-0.25, -0.2) is 19.0 Å². The van der Waals surface area contributed by atoms with Gasteiger partial charge in [0.25, 0.3) is 5.69 Å². The maximum Gasteiger partial charge on any atom is 0.419 e. The number of nitrogens with one attached hydrogen (secondary N) is 1. The van der Waals surface area contributed by atoms with Gasteiger partial charge < -0.3 is 24.4 Å². The van der Waals surface area contributed by atoms with Gasteiger partial charge in [0.2, 0.25) is 5.88 Å². The minimum atomic E-state index is -5.08. The Balaban J connectivity index is 2.06. The minimum absolute atomic E-state index is 0.0195. The van der Waals surface area contributed by atoms with Crippen molar-refractivity contribution >= 4 is 40.7 Å². The number of methoxy groups -OCH3 is 2. The first-order valence-electron chi connectivity index (χ1n) is 13.1. The second kappa shape index (κ2) is 14.0. The van der Waals surface area contributed by atoms with E-state index in [-0.39, 0.29) is 53.0 Å². The van der Waals surface area contributed by atoms with Gasteiger partial charge in [0, 0.05) is 35.8 Å². The zero-order valence-corrected chi connectivity index (χ0v) is 25.5. The molecular weight excluding hydrogens is 628 g/mol. The van der Waals surface area contributed by atoms with Crippen LogP contribution in [0.15, 0.2) is 42.5 Å². The molecule has 0 bridgehead atoms. The fourth-order valence-corrected chi connectivity index (χ4v) is 4.27. The van der Waals surface area contributed by atoms with Gasteiger partial charge in [0.05, 0.1) is 42.5 Å². The predicted octanol–water partition coefficient (Wildman–Crippen LogP) is 7.32. The van der Waals surface area contributed by atoms with E-state index in [1.165, 1.54) is 42.3 Å². The highest BCUT2D eigenvalue weighted by Crippen LogP contribution is 2.37. The molecule has 0 spiro atoms. The number of aromatic nitrogens is 1. The van der Waals surface area contributed by atoms with E-state index in [4.69, 9.17) is 21.1 Å². The van der Waals surface area contributed by atoms with Crippen LogP contribution < -0.4 is 10.1 Å². The average Bonchev–Trinajstić information content (AvgIpc) is 2.94. The number of anilines is 2. The number of rotatable bonds is 10. The lowest BCUT2D eigenvalue weighted by molar-refractivity contribution is -0.386. The standard InChI is InChI=1S/C29H29ClF4N4O7/c1-28(2,3)45-27(40)37(11-10-22-24(38(41)42)8-9-25(36-22)43-4)15-16-12-17(30)6-7-21(16)35-23-14-19(29(32,33)34)20(31)13-18(23)26(39)44-5/h6-9,12-14,35H,10-11,15H2,1-5H3. The third-order valence-corrected chi connectivity index (χ3v) is 6.35. The van der Waals surface area contributed by atoms with Crippen LogP contribution in [0.5, 0.6) is 5.88 Å². The van der Waals surface area contributed by atoms with E-state index in [9.17, 15) is 37.3 Å². The SMILES string of the molecule is COC(=O)c1cc(F)c(C(F)(F)F)cc1Nc1ccc(Cl)cc1CN(CCc1nc(OC)ccc1[N+](=O)[O-])C(=O)OC(C)(C)C. The molecule has 0 aliphatic carbocycles. The first-order valence-corrected chi connectivity index (χ1v) is 13.5. The van der Waals surface area contributed by atoms with Crippen molar-refractivity contribution in [3.63, 3.8) is 0 Å². The van der Waals surface area contributed by atoms with Crippen LogP contribution in [0.1, 0.15) is 48.0 Å². The number of nitro groups is 1. The maximum atomic E-state index is 14.4. The van der Waals surface area contributed by atoms with Crippen LogP contribution in [0.3, 0.4) is 0 Å². The number of benzene rings is 2. The fraction of sp³-hybridized carbons (Fsp3) is 0.345. The number of nitrogens with zero attached hydrogens (tertiary/aromatic N) is 3. The van der Waals surface area contributed by atoms with Gasteiger partial charge in [-0.1, -0.05) is 11.6 Å². The van der Waals surface area contributed by atoms with Crippen molar-refractivity contribution < 1.29 is 46.3 Å². The van der Waals surface area contributed by atoms with Crippen LogP contribution >= 0.6 is 11.6 Å². The van der Waals surface area contributed by atoms with Crippen LogP contribution in [0, 0.1) is 15.9 Å². The monoisotopic (exact) mass is 656 g/mol. The van der Waals surface area contributed by atoms with Gasteiger partial charge in [0.1, 0.15) is 17.1 Å². The highest BCUT2D eigenvalue weighted by molar-refractivity contribution is 6.30. The van der Waals surface area contributed by atoms with E-state index >= 15 is 0 Å². The normalized spacial score (nSPS) is 11.5. The summed E-state index contributed by atoms with van der Waals surface area (Å²) in [5, 5.41) is 14.5. The summed E-state index contributed by atoms with van der Waals surface area (Å²) < 4.78 is 70.2. The van der Waals surface area contributed by atoms with Gasteiger partial charge >= 0.3 is 18.2 Å². The Hall–Kier alpha value is -4.66. The first-order chi connectivity index (χ1) is 20.9. The van der Waals surface area contributed by atoms with Gasteiger partial charge in [-0.3, -0.25) is 10.1 Å². The summed E-state index contributed by atoms with van der Waals surface area (Å²) in [6.07, 6.45) is -6.02. The Morgan fingerprint density at radius 2 is 1.76 bits per heavy atom. The molecule has 0 radical (unpaired) electrons. The molecule has 0 saturated carbocycles. The lowest BCUT2D eigenvalue weighted by atomic mass is 10.1. The topological polar surface area (TPSA) is 133 Å². The fourth-order valence-electron chi connectivity index (χ4n) is 4.08. The molecule has 1 N–H and O–H groups in total. The van der Waals surface area contributed by atoms with Gasteiger partial charge in [-0.05, 0) is 56.7 Å². The Morgan fingerprint density at radius 1 is 1.07 bits per heavy atom. The molecule has 1 amide bonds. The molecule has 0 aliphatic heterocycles. The van der Waals surface area contributed by atoms with E-state index in [0.717, 1.165) is 7.11 Å². The largest absolute Gasteiger partial charge is 0.481 e. The molecule has 0 aliphatic rings. The van der Waals surface area contributed by atoms with Crippen molar-refractivity contribution in [1.82, 2.24) is 9.88 Å². The molecule has 3 aromatic rings. The number of pyridine rings is 1. The van der Waals surface area contributed by atoms with Crippen molar-refractivity contribution in [3.05, 3.63) is 85.8 Å². The zero-order valence-electron chi connectivity index (χ0n) is 24.8. The lowest BCUT2D eigenvalue weighted by Gasteiger charge is -2.28. The van der Waals surface area contributed by atoms with Crippen LogP contribution in [0.2, 0.25) is 5.02 Å². The molecule has 16 heteroatoms. The van der Waals surface area contributed by atoms with Gasteiger partial charge in [-0.2, -0.15) is 13.2 Å². The summed E-state index contributed by atoms with van der Waals surface area (Å²) in [5.74, 6) is -2.68. The Morgan fingerprint density at radius 3 is 2.33 bits per heavy atom. The van der Waals surface area contributed by atoms with Crippen LogP contribution in [-0.2, 0) is 28.6 Å². The summed E-state index contributed by atoms with van der Waals surface area (Å²) in [6.45, 7) is 4.46. The number of esters is 1. The van der Waals surface area contributed by atoms with Gasteiger partial charge in [0.15, 0.2) is 0 Å². The molecule has 0 saturated heterocycles. The summed E-state index contributed by atoms with van der Waals surface area (Å²) in [5.41, 5.74) is -3.47. The van der Waals surface area contributed by atoms with Crippen LogP contribution in [0.25, 0.3) is 0 Å². The second-order valence-electron chi connectivity index (χ2n) is 10.5. The van der Waals surface area contributed by atoms with Crippen molar-refractivity contribution in [2.75, 3.05) is 26.1 Å². The molecule has 2 aromatic carbocycles. The highest BCUT2D eigenvalue weighted by Gasteiger charge is 2.36. The molecule has 11 nitrogen and oxygen atoms in total. The highest BCUT2D eigenvalue weighted by atomic mass is 35.5. The average molecular weight is 657 g/mol. The zero-order chi connectivity index (χ0) is 33.7. The molecule has 0 fully saturated rings. The van der Waals surface area contributed by atoms with Crippen molar-refractivity contribution in [3.8, 4) is 5.88 Å². The number of halogens is 5. The van der Waals surface area contributed by atoms with E-state index in [1.54, 1.807) is 20.8 Å². The van der Waals surface area contributed by atoms with E-state index in [2.05, 4.69) is 15.0 Å². The first kappa shape index (κ1) is 34.8. The summed E-state index contributed by atoms with van der Waals surface area (Å²) >= 11 is 6.23. The Bertz CT molecular complexity index is 1600. The third-order valence-electron chi connectivity index (χ3n) is 6.12. The van der Waals surface area contributed by atoms with Crippen molar-refractivity contribution in [1.29, 1.82) is 0 Å². The number of alkyl halides is 3. The predicted molar refractivity (Wildman–Crippen MR) is 155 cm³/mol. The Kier molecular flexibility index (Phi) is 10.8. The van der Waals surface area contributed by atoms with E-state index in [1.807, 2.05) is 0 Å². The molecule has 3 rings (SSSR count). The number of ether oxygens (including phenoxy) is 3. The molecular formula is C29H29ClF4N4O7. The summed E-state index contributed by atoms with van der Waals surface area (Å²) in [7, 11) is 2.32. The summed E-state index contributed by atoms with van der Waals surface area (Å²) in [4.78, 5) is 42.0. The Labute approximate surface area is 260 Å². The molecule has 1 heterocycles. The number of hydrogen-bond acceptors (Lipinski definition) is 9. The number of amides is 1. The molecule has 45 heavy (non-hydrogen) atoms. The smallest absolute Gasteiger partial charge is 0.419 e. The summed E-state index contributed by atoms with van der Waals surface area (Å²) in [6, 6.07) is 7.58. The molecule has 242 valence electrons. The number of hydrogen-bond donors (Lipinski definition) is 1. The van der Waals surface area contributed by atoms with Crippen molar-refractivity contribution in [2.45, 2.75) is 45.5 Å². The molecule has 1 aromatic heterocycles.